The van der Waals surface area contributed by atoms with Gasteiger partial charge < -0.3 is 10.4 Å². The molecule has 1 aromatic carbocycles. The Morgan fingerprint density at radius 1 is 1.35 bits per heavy atom. The quantitative estimate of drug-likeness (QED) is 0.826. The molecule has 3 rings (SSSR count). The van der Waals surface area contributed by atoms with E-state index in [0.29, 0.717) is 18.5 Å². The molecule has 0 spiro atoms. The van der Waals surface area contributed by atoms with E-state index in [1.54, 1.807) is 13.0 Å². The number of aliphatic carboxylic acids is 1. The number of fused-ring (bicyclic) bond motifs is 1. The Labute approximate surface area is 134 Å². The minimum absolute atomic E-state index is 0.0338. The van der Waals surface area contributed by atoms with Gasteiger partial charge in [0.15, 0.2) is 0 Å². The number of hydrogen-bond donors (Lipinski definition) is 2. The summed E-state index contributed by atoms with van der Waals surface area (Å²) in [4.78, 5) is 23.1. The molecule has 2 atom stereocenters. The van der Waals surface area contributed by atoms with Gasteiger partial charge >= 0.3 is 5.97 Å². The molecule has 2 aliphatic heterocycles. The van der Waals surface area contributed by atoms with E-state index >= 15 is 0 Å². The summed E-state index contributed by atoms with van der Waals surface area (Å²) in [6.45, 7) is 2.40. The van der Waals surface area contributed by atoms with E-state index in [2.05, 4.69) is 5.32 Å². The predicted molar refractivity (Wildman–Crippen MR) is 81.5 cm³/mol. The Bertz CT molecular complexity index is 774. The lowest BCUT2D eigenvalue weighted by atomic mass is 9.99. The maximum Gasteiger partial charge on any atom is 0.308 e. The minimum Gasteiger partial charge on any atom is -0.481 e. The lowest BCUT2D eigenvalue weighted by Crippen LogP contribution is -2.33. The Morgan fingerprint density at radius 2 is 2.09 bits per heavy atom. The number of carboxylic acids is 1. The predicted octanol–water partition coefficient (Wildman–Crippen LogP) is 0.314. The fourth-order valence-electron chi connectivity index (χ4n) is 3.14. The molecule has 1 amide bonds. The van der Waals surface area contributed by atoms with Gasteiger partial charge in [0.25, 0.3) is 5.91 Å². The van der Waals surface area contributed by atoms with Crippen LogP contribution in [-0.4, -0.2) is 49.3 Å². The van der Waals surface area contributed by atoms with E-state index in [4.69, 9.17) is 5.11 Å². The second-order valence-corrected chi connectivity index (χ2v) is 8.01. The van der Waals surface area contributed by atoms with Crippen LogP contribution in [0.1, 0.15) is 22.8 Å². The van der Waals surface area contributed by atoms with Crippen molar-refractivity contribution in [2.45, 2.75) is 18.2 Å². The number of carbonyl (C=O) groups is 2. The van der Waals surface area contributed by atoms with Crippen LogP contribution in [0.5, 0.6) is 0 Å². The van der Waals surface area contributed by atoms with Gasteiger partial charge in [-0.25, -0.2) is 8.42 Å². The van der Waals surface area contributed by atoms with Gasteiger partial charge in [-0.15, -0.1) is 0 Å². The molecule has 124 valence electrons. The third kappa shape index (κ3) is 2.72. The summed E-state index contributed by atoms with van der Waals surface area (Å²) in [6.07, 6.45) is 0.670. The highest BCUT2D eigenvalue weighted by atomic mass is 32.2. The lowest BCUT2D eigenvalue weighted by molar-refractivity contribution is -0.142. The largest absolute Gasteiger partial charge is 0.481 e. The molecular formula is C15H18N2O5S. The van der Waals surface area contributed by atoms with E-state index < -0.39 is 21.9 Å². The van der Waals surface area contributed by atoms with Crippen LogP contribution in [0, 0.1) is 11.8 Å². The van der Waals surface area contributed by atoms with Crippen molar-refractivity contribution in [3.05, 3.63) is 29.3 Å². The first-order valence-electron chi connectivity index (χ1n) is 7.45. The summed E-state index contributed by atoms with van der Waals surface area (Å²) in [5.41, 5.74) is 1.20. The molecule has 2 aliphatic rings. The fraction of sp³-hybridized carbons (Fsp3) is 0.467. The number of nitrogens with zero attached hydrogens (tertiary/aromatic N) is 1. The zero-order valence-electron chi connectivity index (χ0n) is 12.7. The van der Waals surface area contributed by atoms with Crippen LogP contribution in [0.15, 0.2) is 23.1 Å². The molecular weight excluding hydrogens is 320 g/mol. The third-order valence-corrected chi connectivity index (χ3v) is 6.37. The molecule has 0 radical (unpaired) electrons. The smallest absolute Gasteiger partial charge is 0.308 e. The molecule has 0 aliphatic carbocycles. The molecule has 0 aromatic heterocycles. The van der Waals surface area contributed by atoms with Gasteiger partial charge in [-0.3, -0.25) is 9.59 Å². The van der Waals surface area contributed by atoms with Gasteiger partial charge in [-0.05, 0) is 30.0 Å². The average Bonchev–Trinajstić information content (AvgIpc) is 2.90. The summed E-state index contributed by atoms with van der Waals surface area (Å²) >= 11 is 0. The van der Waals surface area contributed by atoms with Crippen molar-refractivity contribution >= 4 is 21.9 Å². The van der Waals surface area contributed by atoms with Crippen molar-refractivity contribution in [3.8, 4) is 0 Å². The van der Waals surface area contributed by atoms with Crippen LogP contribution in [0.4, 0.5) is 0 Å². The van der Waals surface area contributed by atoms with Gasteiger partial charge in [0.05, 0.1) is 10.8 Å². The van der Waals surface area contributed by atoms with Gasteiger partial charge in [0.1, 0.15) is 0 Å². The highest BCUT2D eigenvalue weighted by Gasteiger charge is 2.41. The van der Waals surface area contributed by atoms with Crippen molar-refractivity contribution in [1.82, 2.24) is 9.62 Å². The van der Waals surface area contributed by atoms with E-state index in [-0.39, 0.29) is 29.8 Å². The molecule has 0 unspecified atom stereocenters. The van der Waals surface area contributed by atoms with Gasteiger partial charge in [-0.1, -0.05) is 13.0 Å². The molecule has 2 heterocycles. The maximum absolute atomic E-state index is 12.7. The van der Waals surface area contributed by atoms with Gasteiger partial charge in [0, 0.05) is 25.2 Å². The first-order chi connectivity index (χ1) is 10.8. The zero-order chi connectivity index (χ0) is 16.8. The molecule has 0 saturated carbocycles. The van der Waals surface area contributed by atoms with Crippen LogP contribution < -0.4 is 5.32 Å². The van der Waals surface area contributed by atoms with Gasteiger partial charge in [-0.2, -0.15) is 4.31 Å². The normalized spacial score (nSPS) is 25.0. The number of amides is 1. The number of nitrogens with one attached hydrogen (secondary N) is 1. The SMILES string of the molecule is C[C@@H]1CN(S(=O)(=O)c2ccc3c(c2)C(=O)NCC3)C[C@H]1C(=O)O. The standard InChI is InChI=1S/C15H18N2O5S/c1-9-7-17(8-13(9)15(19)20)23(21,22)11-3-2-10-4-5-16-14(18)12(10)6-11/h2-3,6,9,13H,4-5,7-8H2,1H3,(H,16,18)(H,19,20)/t9-,13-/m1/s1. The summed E-state index contributed by atoms with van der Waals surface area (Å²) < 4.78 is 26.7. The monoisotopic (exact) mass is 338 g/mol. The molecule has 1 aromatic rings. The molecule has 1 fully saturated rings. The molecule has 1 saturated heterocycles. The topological polar surface area (TPSA) is 104 Å². The van der Waals surface area contributed by atoms with Crippen molar-refractivity contribution in [2.24, 2.45) is 11.8 Å². The third-order valence-electron chi connectivity index (χ3n) is 4.54. The summed E-state index contributed by atoms with van der Waals surface area (Å²) in [7, 11) is -3.80. The molecule has 7 nitrogen and oxygen atoms in total. The number of carboxylic acid groups (broad SMARTS) is 1. The summed E-state index contributed by atoms with van der Waals surface area (Å²) in [5, 5.41) is 11.8. The van der Waals surface area contributed by atoms with Crippen LogP contribution in [0.3, 0.4) is 0 Å². The molecule has 0 bridgehead atoms. The summed E-state index contributed by atoms with van der Waals surface area (Å²) in [6, 6.07) is 4.54. The molecule has 23 heavy (non-hydrogen) atoms. The first kappa shape index (κ1) is 15.9. The number of hydrogen-bond acceptors (Lipinski definition) is 4. The van der Waals surface area contributed by atoms with Gasteiger partial charge in [0.2, 0.25) is 10.0 Å². The van der Waals surface area contributed by atoms with Crippen molar-refractivity contribution in [2.75, 3.05) is 19.6 Å². The Kier molecular flexibility index (Phi) is 3.89. The van der Waals surface area contributed by atoms with Crippen LogP contribution in [0.25, 0.3) is 0 Å². The number of carbonyl (C=O) groups excluding carboxylic acids is 1. The fourth-order valence-corrected chi connectivity index (χ4v) is 4.73. The number of sulfonamides is 1. The lowest BCUT2D eigenvalue weighted by Gasteiger charge is -2.20. The van der Waals surface area contributed by atoms with Crippen LogP contribution >= 0.6 is 0 Å². The number of rotatable bonds is 3. The second kappa shape index (κ2) is 5.61. The Balaban J connectivity index is 1.93. The van der Waals surface area contributed by atoms with E-state index in [1.165, 1.54) is 16.4 Å². The second-order valence-electron chi connectivity index (χ2n) is 6.07. The molecule has 2 N–H and O–H groups in total. The highest BCUT2D eigenvalue weighted by molar-refractivity contribution is 7.89. The van der Waals surface area contributed by atoms with E-state index in [0.717, 1.165) is 5.56 Å². The Morgan fingerprint density at radius 3 is 2.74 bits per heavy atom. The van der Waals surface area contributed by atoms with Crippen molar-refractivity contribution in [1.29, 1.82) is 0 Å². The summed E-state index contributed by atoms with van der Waals surface area (Å²) in [5.74, 6) is -2.21. The zero-order valence-corrected chi connectivity index (χ0v) is 13.5. The number of benzene rings is 1. The van der Waals surface area contributed by atoms with Crippen molar-refractivity contribution < 1.29 is 23.1 Å². The minimum atomic E-state index is -3.80. The highest BCUT2D eigenvalue weighted by Crippen LogP contribution is 2.29. The van der Waals surface area contributed by atoms with Crippen LogP contribution in [0.2, 0.25) is 0 Å². The molecule has 8 heteroatoms. The average molecular weight is 338 g/mol. The Hall–Kier alpha value is -1.93. The van der Waals surface area contributed by atoms with E-state index in [1.807, 2.05) is 0 Å². The first-order valence-corrected chi connectivity index (χ1v) is 8.89. The van der Waals surface area contributed by atoms with Crippen molar-refractivity contribution in [3.63, 3.8) is 0 Å². The van der Waals surface area contributed by atoms with E-state index in [9.17, 15) is 18.0 Å². The maximum atomic E-state index is 12.7. The van der Waals surface area contributed by atoms with Crippen LogP contribution in [-0.2, 0) is 21.2 Å².